The van der Waals surface area contributed by atoms with E-state index in [1.165, 1.54) is 37.9 Å². The Morgan fingerprint density at radius 3 is 2.42 bits per heavy atom. The Hall–Kier alpha value is 0.700. The van der Waals surface area contributed by atoms with Crippen LogP contribution in [0.1, 0.15) is 52.9 Å². The minimum absolute atomic E-state index is 0.834. The van der Waals surface area contributed by atoms with Gasteiger partial charge in [-0.3, -0.25) is 0 Å². The van der Waals surface area contributed by atoms with E-state index in [-0.39, 0.29) is 0 Å². The van der Waals surface area contributed by atoms with Gasteiger partial charge in [0.15, 0.2) is 0 Å². The number of unbranched alkanes of at least 4 members (excludes halogenated alkanes) is 3. The fourth-order valence-electron chi connectivity index (χ4n) is 0.820. The third kappa shape index (κ3) is 8.79. The van der Waals surface area contributed by atoms with Crippen molar-refractivity contribution in [2.24, 2.45) is 0 Å². The Bertz CT molecular complexity index is 83.9. The van der Waals surface area contributed by atoms with Gasteiger partial charge in [0.2, 0.25) is 0 Å². The first-order chi connectivity index (χ1) is 5.81. The molecule has 0 nitrogen and oxygen atoms in total. The molecule has 0 aliphatic rings. The first-order valence-electron chi connectivity index (χ1n) is 5.09. The molecule has 0 spiro atoms. The second-order valence-electron chi connectivity index (χ2n) is 3.20. The first-order valence-corrected chi connectivity index (χ1v) is 7.47. The van der Waals surface area contributed by atoms with E-state index in [2.05, 4.69) is 42.4 Å². The van der Waals surface area contributed by atoms with Crippen LogP contribution >= 0.6 is 21.6 Å². The van der Waals surface area contributed by atoms with Crippen LogP contribution in [0.2, 0.25) is 0 Å². The fraction of sp³-hybridized carbons (Fsp3) is 1.00. The molecule has 0 bridgehead atoms. The third-order valence-corrected chi connectivity index (χ3v) is 5.04. The largest absolute Gasteiger partial charge is 0.0939 e. The van der Waals surface area contributed by atoms with Crippen molar-refractivity contribution >= 4 is 21.6 Å². The maximum absolute atomic E-state index is 2.31. The molecular formula is C10H22S2. The predicted molar refractivity (Wildman–Crippen MR) is 63.9 cm³/mol. The summed E-state index contributed by atoms with van der Waals surface area (Å²) in [7, 11) is 4.10. The summed E-state index contributed by atoms with van der Waals surface area (Å²) in [5.74, 6) is 1.34. The lowest BCUT2D eigenvalue weighted by molar-refractivity contribution is 0.707. The molecule has 0 aliphatic heterocycles. The minimum Gasteiger partial charge on any atom is -0.0939 e. The molecular weight excluding hydrogens is 184 g/mol. The van der Waals surface area contributed by atoms with Gasteiger partial charge in [0, 0.05) is 11.0 Å². The molecule has 0 radical (unpaired) electrons. The highest BCUT2D eigenvalue weighted by molar-refractivity contribution is 8.76. The second-order valence-corrected chi connectivity index (χ2v) is 6.12. The molecule has 1 unspecified atom stereocenters. The number of hydrogen-bond donors (Lipinski definition) is 0. The minimum atomic E-state index is 0.834. The smallest absolute Gasteiger partial charge is 0.0120 e. The van der Waals surface area contributed by atoms with Crippen LogP contribution in [-0.4, -0.2) is 11.0 Å². The van der Waals surface area contributed by atoms with Gasteiger partial charge in [-0.15, -0.1) is 0 Å². The molecule has 2 heteroatoms. The molecule has 12 heavy (non-hydrogen) atoms. The van der Waals surface area contributed by atoms with Crippen molar-refractivity contribution in [3.63, 3.8) is 0 Å². The average molecular weight is 206 g/mol. The zero-order valence-electron chi connectivity index (χ0n) is 8.64. The summed E-state index contributed by atoms with van der Waals surface area (Å²) in [4.78, 5) is 0. The summed E-state index contributed by atoms with van der Waals surface area (Å²) in [6.07, 6.45) is 6.89. The Labute approximate surface area is 85.7 Å². The molecule has 0 rings (SSSR count). The standard InChI is InChI=1S/C10H22S2/c1-4-6-7-8-9-11-12-10(3)5-2/h10H,4-9H2,1-3H3. The third-order valence-electron chi connectivity index (χ3n) is 1.89. The number of hydrogen-bond acceptors (Lipinski definition) is 2. The van der Waals surface area contributed by atoms with Gasteiger partial charge in [-0.05, 0) is 12.8 Å². The predicted octanol–water partition coefficient (Wildman–Crippen LogP) is 4.75. The zero-order chi connectivity index (χ0) is 9.23. The normalized spacial score (nSPS) is 13.2. The van der Waals surface area contributed by atoms with Crippen LogP contribution in [0, 0.1) is 0 Å². The van der Waals surface area contributed by atoms with Gasteiger partial charge in [-0.2, -0.15) is 0 Å². The highest BCUT2D eigenvalue weighted by Crippen LogP contribution is 2.29. The Morgan fingerprint density at radius 2 is 1.83 bits per heavy atom. The molecule has 0 saturated carbocycles. The van der Waals surface area contributed by atoms with Crippen molar-refractivity contribution in [2.45, 2.75) is 58.1 Å². The van der Waals surface area contributed by atoms with E-state index >= 15 is 0 Å². The summed E-state index contributed by atoms with van der Waals surface area (Å²) < 4.78 is 0. The van der Waals surface area contributed by atoms with Gasteiger partial charge in [-0.1, -0.05) is 61.6 Å². The molecule has 0 saturated heterocycles. The average Bonchev–Trinajstić information content (AvgIpc) is 2.10. The SMILES string of the molecule is CCCCCCSSC(C)CC. The Balaban J connectivity index is 2.90. The van der Waals surface area contributed by atoms with E-state index < -0.39 is 0 Å². The van der Waals surface area contributed by atoms with Crippen LogP contribution in [-0.2, 0) is 0 Å². The molecule has 1 atom stereocenters. The lowest BCUT2D eigenvalue weighted by atomic mass is 10.2. The molecule has 0 aromatic carbocycles. The molecule has 0 aromatic heterocycles. The first kappa shape index (κ1) is 12.7. The van der Waals surface area contributed by atoms with Crippen molar-refractivity contribution in [3.05, 3.63) is 0 Å². The van der Waals surface area contributed by atoms with Crippen LogP contribution in [0.15, 0.2) is 0 Å². The summed E-state index contributed by atoms with van der Waals surface area (Å²) in [6.45, 7) is 6.83. The van der Waals surface area contributed by atoms with Crippen LogP contribution in [0.3, 0.4) is 0 Å². The molecule has 0 amide bonds. The summed E-state index contributed by atoms with van der Waals surface area (Å²) >= 11 is 0. The second kappa shape index (κ2) is 9.79. The van der Waals surface area contributed by atoms with Crippen molar-refractivity contribution in [1.82, 2.24) is 0 Å². The van der Waals surface area contributed by atoms with E-state index in [9.17, 15) is 0 Å². The molecule has 0 heterocycles. The van der Waals surface area contributed by atoms with Crippen molar-refractivity contribution in [2.75, 3.05) is 5.75 Å². The quantitative estimate of drug-likeness (QED) is 0.415. The zero-order valence-corrected chi connectivity index (χ0v) is 10.3. The lowest BCUT2D eigenvalue weighted by Gasteiger charge is -2.06. The van der Waals surface area contributed by atoms with Gasteiger partial charge >= 0.3 is 0 Å². The molecule has 0 N–H and O–H groups in total. The van der Waals surface area contributed by atoms with E-state index in [1.807, 2.05) is 0 Å². The topological polar surface area (TPSA) is 0 Å². The lowest BCUT2D eigenvalue weighted by Crippen LogP contribution is -1.89. The van der Waals surface area contributed by atoms with E-state index in [1.54, 1.807) is 0 Å². The van der Waals surface area contributed by atoms with Gasteiger partial charge in [0.25, 0.3) is 0 Å². The van der Waals surface area contributed by atoms with E-state index in [0.717, 1.165) is 5.25 Å². The Kier molecular flexibility index (Phi) is 10.4. The summed E-state index contributed by atoms with van der Waals surface area (Å²) in [5.41, 5.74) is 0. The number of rotatable bonds is 8. The fourth-order valence-corrected chi connectivity index (χ4v) is 3.35. The van der Waals surface area contributed by atoms with Gasteiger partial charge in [0.1, 0.15) is 0 Å². The van der Waals surface area contributed by atoms with Crippen LogP contribution in [0.5, 0.6) is 0 Å². The van der Waals surface area contributed by atoms with E-state index in [4.69, 9.17) is 0 Å². The van der Waals surface area contributed by atoms with E-state index in [0.29, 0.717) is 0 Å². The van der Waals surface area contributed by atoms with Gasteiger partial charge < -0.3 is 0 Å². The van der Waals surface area contributed by atoms with Gasteiger partial charge in [-0.25, -0.2) is 0 Å². The monoisotopic (exact) mass is 206 g/mol. The maximum Gasteiger partial charge on any atom is 0.0120 e. The van der Waals surface area contributed by atoms with Crippen LogP contribution < -0.4 is 0 Å². The molecule has 0 aliphatic carbocycles. The summed E-state index contributed by atoms with van der Waals surface area (Å²) in [6, 6.07) is 0. The van der Waals surface area contributed by atoms with Crippen molar-refractivity contribution in [3.8, 4) is 0 Å². The molecule has 0 aromatic rings. The van der Waals surface area contributed by atoms with Crippen LogP contribution in [0.4, 0.5) is 0 Å². The van der Waals surface area contributed by atoms with Crippen molar-refractivity contribution in [1.29, 1.82) is 0 Å². The highest BCUT2D eigenvalue weighted by atomic mass is 33.1. The summed E-state index contributed by atoms with van der Waals surface area (Å²) in [5, 5.41) is 0.834. The van der Waals surface area contributed by atoms with Gasteiger partial charge in [0.05, 0.1) is 0 Å². The highest BCUT2D eigenvalue weighted by Gasteiger charge is 1.98. The maximum atomic E-state index is 2.31. The molecule has 74 valence electrons. The Morgan fingerprint density at radius 1 is 1.08 bits per heavy atom. The molecule has 0 fully saturated rings. The van der Waals surface area contributed by atoms with Crippen LogP contribution in [0.25, 0.3) is 0 Å². The van der Waals surface area contributed by atoms with Crippen molar-refractivity contribution < 1.29 is 0 Å².